The van der Waals surface area contributed by atoms with E-state index in [1.807, 2.05) is 25.1 Å². The van der Waals surface area contributed by atoms with Gasteiger partial charge < -0.3 is 9.84 Å². The molecule has 1 aliphatic rings. The SMILES string of the molecule is CCOc1ccc(Cl)cc1Cc1nnc(CN2CCC[C@@H](C(=O)O)C2)s1. The van der Waals surface area contributed by atoms with Gasteiger partial charge in [-0.25, -0.2) is 0 Å². The lowest BCUT2D eigenvalue weighted by Gasteiger charge is -2.29. The Bertz CT molecular complexity index is 768. The second kappa shape index (κ2) is 8.79. The molecular weight excluding hydrogens is 374 g/mol. The number of likely N-dealkylation sites (tertiary alicyclic amines) is 1. The molecule has 1 aliphatic heterocycles. The molecule has 0 radical (unpaired) electrons. The number of hydrogen-bond acceptors (Lipinski definition) is 6. The predicted molar refractivity (Wildman–Crippen MR) is 101 cm³/mol. The van der Waals surface area contributed by atoms with Crippen LogP contribution in [0, 0.1) is 5.92 Å². The molecule has 0 bridgehead atoms. The van der Waals surface area contributed by atoms with E-state index in [2.05, 4.69) is 15.1 Å². The van der Waals surface area contributed by atoms with E-state index in [0.29, 0.717) is 31.1 Å². The molecular formula is C18H22ClN3O3S. The topological polar surface area (TPSA) is 75.6 Å². The van der Waals surface area contributed by atoms with E-state index in [0.717, 1.165) is 40.7 Å². The summed E-state index contributed by atoms with van der Waals surface area (Å²) in [6.07, 6.45) is 2.27. The number of piperidine rings is 1. The molecule has 1 N–H and O–H groups in total. The van der Waals surface area contributed by atoms with Crippen LogP contribution in [0.15, 0.2) is 18.2 Å². The zero-order valence-electron chi connectivity index (χ0n) is 14.7. The Morgan fingerprint density at radius 2 is 2.23 bits per heavy atom. The lowest BCUT2D eigenvalue weighted by molar-refractivity contribution is -0.143. The molecule has 1 atom stereocenters. The van der Waals surface area contributed by atoms with Crippen molar-refractivity contribution in [1.82, 2.24) is 15.1 Å². The zero-order valence-corrected chi connectivity index (χ0v) is 16.2. The van der Waals surface area contributed by atoms with Gasteiger partial charge in [0, 0.05) is 23.6 Å². The largest absolute Gasteiger partial charge is 0.494 e. The van der Waals surface area contributed by atoms with Gasteiger partial charge in [0.2, 0.25) is 0 Å². The zero-order chi connectivity index (χ0) is 18.5. The molecule has 1 aromatic carbocycles. The van der Waals surface area contributed by atoms with Gasteiger partial charge in [0.1, 0.15) is 15.8 Å². The van der Waals surface area contributed by atoms with Gasteiger partial charge in [0.25, 0.3) is 0 Å². The van der Waals surface area contributed by atoms with E-state index < -0.39 is 5.97 Å². The molecule has 0 unspecified atom stereocenters. The van der Waals surface area contributed by atoms with Gasteiger partial charge in [-0.15, -0.1) is 10.2 Å². The number of halogens is 1. The summed E-state index contributed by atoms with van der Waals surface area (Å²) >= 11 is 7.67. The normalized spacial score (nSPS) is 18.0. The van der Waals surface area contributed by atoms with Crippen LogP contribution in [0.3, 0.4) is 0 Å². The van der Waals surface area contributed by atoms with Crippen LogP contribution >= 0.6 is 22.9 Å². The quantitative estimate of drug-likeness (QED) is 0.773. The van der Waals surface area contributed by atoms with E-state index in [1.165, 1.54) is 0 Å². The molecule has 2 aromatic rings. The summed E-state index contributed by atoms with van der Waals surface area (Å²) in [5, 5.41) is 20.3. The Balaban J connectivity index is 1.65. The number of aromatic nitrogens is 2. The second-order valence-corrected chi connectivity index (χ2v) is 7.95. The average molecular weight is 396 g/mol. The second-order valence-electron chi connectivity index (χ2n) is 6.36. The minimum Gasteiger partial charge on any atom is -0.494 e. The highest BCUT2D eigenvalue weighted by molar-refractivity contribution is 7.11. The summed E-state index contributed by atoms with van der Waals surface area (Å²) in [7, 11) is 0. The van der Waals surface area contributed by atoms with Crippen LogP contribution in [-0.4, -0.2) is 45.9 Å². The van der Waals surface area contributed by atoms with Crippen LogP contribution < -0.4 is 4.74 Å². The number of aliphatic carboxylic acids is 1. The van der Waals surface area contributed by atoms with Crippen molar-refractivity contribution in [3.05, 3.63) is 38.8 Å². The maximum absolute atomic E-state index is 11.2. The van der Waals surface area contributed by atoms with Crippen molar-refractivity contribution in [1.29, 1.82) is 0 Å². The summed E-state index contributed by atoms with van der Waals surface area (Å²) in [6.45, 7) is 4.67. The summed E-state index contributed by atoms with van der Waals surface area (Å²) < 4.78 is 5.66. The summed E-state index contributed by atoms with van der Waals surface area (Å²) in [6, 6.07) is 5.59. The lowest BCUT2D eigenvalue weighted by atomic mass is 9.98. The predicted octanol–water partition coefficient (Wildman–Crippen LogP) is 3.48. The molecule has 2 heterocycles. The van der Waals surface area contributed by atoms with E-state index >= 15 is 0 Å². The van der Waals surface area contributed by atoms with E-state index in [1.54, 1.807) is 11.3 Å². The number of carbonyl (C=O) groups is 1. The molecule has 0 amide bonds. The summed E-state index contributed by atoms with van der Waals surface area (Å²) in [5.41, 5.74) is 0.992. The number of carboxylic acids is 1. The van der Waals surface area contributed by atoms with Crippen molar-refractivity contribution in [2.75, 3.05) is 19.7 Å². The Hall–Kier alpha value is -1.70. The van der Waals surface area contributed by atoms with Gasteiger partial charge in [0.15, 0.2) is 0 Å². The maximum atomic E-state index is 11.2. The first-order valence-electron chi connectivity index (χ1n) is 8.72. The Labute approximate surface area is 161 Å². The Kier molecular flexibility index (Phi) is 6.45. The number of benzene rings is 1. The van der Waals surface area contributed by atoms with E-state index in [9.17, 15) is 9.90 Å². The Morgan fingerprint density at radius 1 is 1.42 bits per heavy atom. The van der Waals surface area contributed by atoms with Crippen LogP contribution in [0.2, 0.25) is 5.02 Å². The van der Waals surface area contributed by atoms with Crippen LogP contribution in [0.4, 0.5) is 0 Å². The number of nitrogens with zero attached hydrogens (tertiary/aromatic N) is 3. The molecule has 26 heavy (non-hydrogen) atoms. The fourth-order valence-corrected chi connectivity index (χ4v) is 4.27. The van der Waals surface area contributed by atoms with Crippen LogP contribution in [0.5, 0.6) is 5.75 Å². The maximum Gasteiger partial charge on any atom is 0.307 e. The van der Waals surface area contributed by atoms with Gasteiger partial charge in [0.05, 0.1) is 19.1 Å². The van der Waals surface area contributed by atoms with Gasteiger partial charge in [-0.1, -0.05) is 22.9 Å². The number of rotatable bonds is 7. The molecule has 1 saturated heterocycles. The highest BCUT2D eigenvalue weighted by Crippen LogP contribution is 2.27. The smallest absolute Gasteiger partial charge is 0.307 e. The number of carboxylic acid groups (broad SMARTS) is 1. The summed E-state index contributed by atoms with van der Waals surface area (Å²) in [5.74, 6) is -0.178. The standard InChI is InChI=1S/C18H22ClN3O3S/c1-2-25-15-6-5-14(19)8-13(15)9-16-20-21-17(26-16)11-22-7-3-4-12(10-22)18(23)24/h5-6,8,12H,2-4,7,9-11H2,1H3,(H,23,24)/t12-/m1/s1. The first-order valence-corrected chi connectivity index (χ1v) is 9.92. The van der Waals surface area contributed by atoms with Crippen molar-refractivity contribution >= 4 is 28.9 Å². The molecule has 0 spiro atoms. The summed E-state index contributed by atoms with van der Waals surface area (Å²) in [4.78, 5) is 13.3. The molecule has 1 aromatic heterocycles. The minimum atomic E-state index is -0.711. The van der Waals surface area contributed by atoms with Crippen molar-refractivity contribution < 1.29 is 14.6 Å². The monoisotopic (exact) mass is 395 g/mol. The van der Waals surface area contributed by atoms with Crippen molar-refractivity contribution in [2.45, 2.75) is 32.7 Å². The molecule has 0 aliphatic carbocycles. The third-order valence-electron chi connectivity index (χ3n) is 4.39. The lowest BCUT2D eigenvalue weighted by Crippen LogP contribution is -2.38. The van der Waals surface area contributed by atoms with Crippen molar-refractivity contribution in [2.24, 2.45) is 5.92 Å². The van der Waals surface area contributed by atoms with Crippen LogP contribution in [-0.2, 0) is 17.8 Å². The van der Waals surface area contributed by atoms with E-state index in [4.69, 9.17) is 16.3 Å². The highest BCUT2D eigenvalue weighted by atomic mass is 35.5. The van der Waals surface area contributed by atoms with Gasteiger partial charge >= 0.3 is 5.97 Å². The van der Waals surface area contributed by atoms with Crippen LogP contribution in [0.25, 0.3) is 0 Å². The fraction of sp³-hybridized carbons (Fsp3) is 0.500. The fourth-order valence-electron chi connectivity index (χ4n) is 3.16. The molecule has 0 saturated carbocycles. The van der Waals surface area contributed by atoms with Crippen LogP contribution in [0.1, 0.15) is 35.3 Å². The highest BCUT2D eigenvalue weighted by Gasteiger charge is 2.26. The molecule has 140 valence electrons. The average Bonchev–Trinajstić information content (AvgIpc) is 3.04. The van der Waals surface area contributed by atoms with Crippen molar-refractivity contribution in [3.8, 4) is 5.75 Å². The Morgan fingerprint density at radius 3 is 3.00 bits per heavy atom. The number of ether oxygens (including phenoxy) is 1. The van der Waals surface area contributed by atoms with Crippen molar-refractivity contribution in [3.63, 3.8) is 0 Å². The van der Waals surface area contributed by atoms with Gasteiger partial charge in [-0.2, -0.15) is 0 Å². The first-order chi connectivity index (χ1) is 12.5. The van der Waals surface area contributed by atoms with E-state index in [-0.39, 0.29) is 5.92 Å². The first kappa shape index (κ1) is 19.1. The molecule has 1 fully saturated rings. The third-order valence-corrected chi connectivity index (χ3v) is 5.53. The molecule has 8 heteroatoms. The number of hydrogen-bond donors (Lipinski definition) is 1. The minimum absolute atomic E-state index is 0.281. The third kappa shape index (κ3) is 4.93. The van der Waals surface area contributed by atoms with Gasteiger partial charge in [-0.05, 0) is 44.5 Å². The molecule has 3 rings (SSSR count). The van der Waals surface area contributed by atoms with Gasteiger partial charge in [-0.3, -0.25) is 9.69 Å². The molecule has 6 nitrogen and oxygen atoms in total.